The van der Waals surface area contributed by atoms with Crippen molar-refractivity contribution >= 4 is 5.78 Å². The van der Waals surface area contributed by atoms with Crippen molar-refractivity contribution in [2.24, 2.45) is 11.3 Å². The third-order valence-electron chi connectivity index (χ3n) is 3.64. The van der Waals surface area contributed by atoms with Crippen molar-refractivity contribution in [1.82, 2.24) is 0 Å². The van der Waals surface area contributed by atoms with Crippen molar-refractivity contribution < 1.29 is 15.0 Å². The highest BCUT2D eigenvalue weighted by atomic mass is 16.3. The van der Waals surface area contributed by atoms with Crippen LogP contribution in [0.4, 0.5) is 0 Å². The molecule has 0 heterocycles. The molecular weight excluding hydrogens is 204 g/mol. The van der Waals surface area contributed by atoms with Gasteiger partial charge < -0.3 is 10.2 Å². The molecule has 16 heavy (non-hydrogen) atoms. The number of Topliss-reactive ketones (excluding diaryl/α,β-unsaturated/α-hetero) is 1. The zero-order valence-corrected chi connectivity index (χ0v) is 10.5. The van der Waals surface area contributed by atoms with Crippen molar-refractivity contribution in [3.8, 4) is 0 Å². The van der Waals surface area contributed by atoms with E-state index in [1.54, 1.807) is 19.1 Å². The topological polar surface area (TPSA) is 57.5 Å². The first kappa shape index (κ1) is 13.4. The lowest BCUT2D eigenvalue weighted by atomic mass is 9.60. The third kappa shape index (κ3) is 2.36. The highest BCUT2D eigenvalue weighted by molar-refractivity contribution is 5.81. The van der Waals surface area contributed by atoms with E-state index >= 15 is 0 Å². The predicted octanol–water partition coefficient (Wildman–Crippen LogP) is 1.68. The maximum absolute atomic E-state index is 11.5. The van der Waals surface area contributed by atoms with Crippen molar-refractivity contribution in [2.75, 3.05) is 0 Å². The molecule has 0 saturated heterocycles. The Morgan fingerprint density at radius 3 is 2.50 bits per heavy atom. The summed E-state index contributed by atoms with van der Waals surface area (Å²) in [4.78, 5) is 11.5. The first-order valence-electron chi connectivity index (χ1n) is 5.80. The average Bonchev–Trinajstić information content (AvgIpc) is 2.10. The van der Waals surface area contributed by atoms with Gasteiger partial charge in [-0.3, -0.25) is 4.79 Å². The van der Waals surface area contributed by atoms with Gasteiger partial charge in [0.2, 0.25) is 0 Å². The molecule has 2 N–H and O–H groups in total. The van der Waals surface area contributed by atoms with Gasteiger partial charge in [0.25, 0.3) is 0 Å². The Hall–Kier alpha value is -0.670. The van der Waals surface area contributed by atoms with E-state index in [4.69, 9.17) is 0 Å². The maximum Gasteiger partial charge on any atom is 0.133 e. The van der Waals surface area contributed by atoms with Crippen LogP contribution in [0, 0.1) is 11.3 Å². The van der Waals surface area contributed by atoms with E-state index in [9.17, 15) is 15.0 Å². The van der Waals surface area contributed by atoms with Gasteiger partial charge in [0.05, 0.1) is 11.7 Å². The Labute approximate surface area is 97.2 Å². The monoisotopic (exact) mass is 226 g/mol. The molecule has 1 aliphatic carbocycles. The van der Waals surface area contributed by atoms with Gasteiger partial charge in [-0.1, -0.05) is 32.9 Å². The minimum atomic E-state index is -1.02. The number of aliphatic hydroxyl groups excluding tert-OH is 1. The van der Waals surface area contributed by atoms with E-state index in [-0.39, 0.29) is 11.7 Å². The van der Waals surface area contributed by atoms with Crippen LogP contribution in [0.25, 0.3) is 0 Å². The Balaban J connectivity index is 3.02. The van der Waals surface area contributed by atoms with Crippen LogP contribution in [-0.4, -0.2) is 27.7 Å². The van der Waals surface area contributed by atoms with E-state index in [1.807, 2.05) is 20.8 Å². The molecule has 0 aromatic heterocycles. The summed E-state index contributed by atoms with van der Waals surface area (Å²) in [6.45, 7) is 7.32. The third-order valence-corrected chi connectivity index (χ3v) is 3.64. The smallest absolute Gasteiger partial charge is 0.133 e. The number of carbonyl (C=O) groups excluding carboxylic acids is 1. The Morgan fingerprint density at radius 2 is 2.06 bits per heavy atom. The van der Waals surface area contributed by atoms with Crippen LogP contribution in [-0.2, 0) is 4.79 Å². The highest BCUT2D eigenvalue weighted by Gasteiger charge is 2.50. The van der Waals surface area contributed by atoms with Crippen LogP contribution >= 0.6 is 0 Å². The molecule has 3 nitrogen and oxygen atoms in total. The van der Waals surface area contributed by atoms with Gasteiger partial charge in [-0.25, -0.2) is 0 Å². The molecule has 0 spiro atoms. The van der Waals surface area contributed by atoms with Crippen molar-refractivity contribution in [3.63, 3.8) is 0 Å². The van der Waals surface area contributed by atoms with Gasteiger partial charge >= 0.3 is 0 Å². The van der Waals surface area contributed by atoms with Crippen molar-refractivity contribution in [3.05, 3.63) is 12.2 Å². The summed E-state index contributed by atoms with van der Waals surface area (Å²) < 4.78 is 0. The maximum atomic E-state index is 11.5. The first-order chi connectivity index (χ1) is 7.19. The molecule has 0 aliphatic heterocycles. The minimum Gasteiger partial charge on any atom is -0.389 e. The average molecular weight is 226 g/mol. The van der Waals surface area contributed by atoms with Gasteiger partial charge in [-0.15, -0.1) is 0 Å². The number of hydrogen-bond acceptors (Lipinski definition) is 3. The molecule has 0 aromatic carbocycles. The SMILES string of the molecule is CC1CC(=O)CC(C)(C)[C@@]1(O)/C=C/[C@@H](C)O. The molecule has 1 fully saturated rings. The normalized spacial score (nSPS) is 36.6. The summed E-state index contributed by atoms with van der Waals surface area (Å²) >= 11 is 0. The zero-order chi connectivity index (χ0) is 12.6. The molecule has 92 valence electrons. The fraction of sp³-hybridized carbons (Fsp3) is 0.769. The van der Waals surface area contributed by atoms with E-state index in [0.717, 1.165) is 0 Å². The lowest BCUT2D eigenvalue weighted by molar-refractivity contribution is -0.142. The first-order valence-corrected chi connectivity index (χ1v) is 5.80. The Kier molecular flexibility index (Phi) is 3.60. The molecule has 1 aliphatic rings. The Morgan fingerprint density at radius 1 is 1.50 bits per heavy atom. The lowest BCUT2D eigenvalue weighted by Gasteiger charge is -2.48. The molecule has 0 amide bonds. The van der Waals surface area contributed by atoms with Crippen molar-refractivity contribution in [1.29, 1.82) is 0 Å². The van der Waals surface area contributed by atoms with Gasteiger partial charge in [-0.05, 0) is 12.8 Å². The van der Waals surface area contributed by atoms with Crippen LogP contribution in [0.2, 0.25) is 0 Å². The quantitative estimate of drug-likeness (QED) is 0.704. The molecule has 1 unspecified atom stereocenters. The number of rotatable bonds is 2. The van der Waals surface area contributed by atoms with Crippen LogP contribution in [0.5, 0.6) is 0 Å². The fourth-order valence-electron chi connectivity index (χ4n) is 2.55. The van der Waals surface area contributed by atoms with Crippen LogP contribution in [0.1, 0.15) is 40.5 Å². The minimum absolute atomic E-state index is 0.112. The molecule has 3 heteroatoms. The summed E-state index contributed by atoms with van der Waals surface area (Å²) in [5.41, 5.74) is -1.50. The number of hydrogen-bond donors (Lipinski definition) is 2. The summed E-state index contributed by atoms with van der Waals surface area (Å²) in [7, 11) is 0. The van der Waals surface area contributed by atoms with Crippen LogP contribution in [0.3, 0.4) is 0 Å². The second-order valence-electron chi connectivity index (χ2n) is 5.63. The van der Waals surface area contributed by atoms with Crippen molar-refractivity contribution in [2.45, 2.75) is 52.2 Å². The number of ketones is 1. The molecule has 0 radical (unpaired) electrons. The summed E-state index contributed by atoms with van der Waals surface area (Å²) in [6, 6.07) is 0. The zero-order valence-electron chi connectivity index (χ0n) is 10.5. The molecule has 3 atom stereocenters. The summed E-state index contributed by atoms with van der Waals surface area (Å²) in [5, 5.41) is 19.9. The Bertz CT molecular complexity index is 304. The predicted molar refractivity (Wildman–Crippen MR) is 63.0 cm³/mol. The molecule has 1 saturated carbocycles. The second kappa shape index (κ2) is 4.30. The molecular formula is C13H22O3. The van der Waals surface area contributed by atoms with Crippen LogP contribution < -0.4 is 0 Å². The molecule has 0 aromatic rings. The highest BCUT2D eigenvalue weighted by Crippen LogP contribution is 2.46. The van der Waals surface area contributed by atoms with Gasteiger partial charge in [0.15, 0.2) is 0 Å². The van der Waals surface area contributed by atoms with Gasteiger partial charge in [-0.2, -0.15) is 0 Å². The standard InChI is InChI=1S/C13H22O3/c1-9-7-11(15)8-12(3,4)13(9,16)6-5-10(2)14/h5-6,9-10,14,16H,7-8H2,1-4H3/b6-5+/t9?,10-,13-/m1/s1. The van der Waals surface area contributed by atoms with Crippen LogP contribution in [0.15, 0.2) is 12.2 Å². The number of aliphatic hydroxyl groups is 2. The van der Waals surface area contributed by atoms with E-state index in [2.05, 4.69) is 0 Å². The van der Waals surface area contributed by atoms with E-state index < -0.39 is 17.1 Å². The molecule has 1 rings (SSSR count). The van der Waals surface area contributed by atoms with Gasteiger partial charge in [0, 0.05) is 18.3 Å². The number of carbonyl (C=O) groups is 1. The summed E-state index contributed by atoms with van der Waals surface area (Å²) in [5.74, 6) is 0.0892. The van der Waals surface area contributed by atoms with Gasteiger partial charge in [0.1, 0.15) is 5.78 Å². The fourth-order valence-corrected chi connectivity index (χ4v) is 2.55. The lowest BCUT2D eigenvalue weighted by Crippen LogP contribution is -2.53. The summed E-state index contributed by atoms with van der Waals surface area (Å²) in [6.07, 6.45) is 3.47. The van der Waals surface area contributed by atoms with E-state index in [1.165, 1.54) is 0 Å². The van der Waals surface area contributed by atoms with E-state index in [0.29, 0.717) is 12.8 Å². The second-order valence-corrected chi connectivity index (χ2v) is 5.63. The largest absolute Gasteiger partial charge is 0.389 e. The molecule has 0 bridgehead atoms.